The van der Waals surface area contributed by atoms with Crippen LogP contribution in [0, 0.1) is 0 Å². The third-order valence-electron chi connectivity index (χ3n) is 3.59. The largest absolute Gasteiger partial charge is 0.479 e. The van der Waals surface area contributed by atoms with Crippen LogP contribution >= 0.6 is 0 Å². The van der Waals surface area contributed by atoms with Gasteiger partial charge in [0, 0.05) is 11.3 Å². The van der Waals surface area contributed by atoms with E-state index in [0.717, 1.165) is 11.3 Å². The zero-order valence-electron chi connectivity index (χ0n) is 10.8. The average molecular weight is 284 g/mol. The zero-order chi connectivity index (χ0) is 15.4. The van der Waals surface area contributed by atoms with Crippen molar-refractivity contribution in [2.45, 2.75) is 5.54 Å². The van der Waals surface area contributed by atoms with Gasteiger partial charge in [-0.15, -0.1) is 0 Å². The van der Waals surface area contributed by atoms with Crippen LogP contribution in [0.15, 0.2) is 41.5 Å². The second-order valence-corrected chi connectivity index (χ2v) is 5.07. The minimum atomic E-state index is -1.84. The molecule has 0 saturated carbocycles. The summed E-state index contributed by atoms with van der Waals surface area (Å²) >= 11 is 0. The molecule has 1 aromatic carbocycles. The summed E-state index contributed by atoms with van der Waals surface area (Å²) in [5, 5.41) is 20.1. The predicted octanol–water partition coefficient (Wildman–Crippen LogP) is -1.05. The molecular weight excluding hydrogens is 272 g/mol. The molecule has 2 aliphatic carbocycles. The molecule has 1 unspecified atom stereocenters. The molecule has 21 heavy (non-hydrogen) atoms. The van der Waals surface area contributed by atoms with Crippen LogP contribution in [0.25, 0.3) is 11.6 Å². The molecular formula is C15H12N2O4. The van der Waals surface area contributed by atoms with Crippen molar-refractivity contribution < 1.29 is 19.8 Å². The van der Waals surface area contributed by atoms with Crippen molar-refractivity contribution >= 4 is 29.3 Å². The highest BCUT2D eigenvalue weighted by Gasteiger charge is 2.37. The maximum absolute atomic E-state index is 11.5. The van der Waals surface area contributed by atoms with E-state index in [4.69, 9.17) is 11.5 Å². The molecule has 0 spiro atoms. The Morgan fingerprint density at radius 2 is 1.86 bits per heavy atom. The van der Waals surface area contributed by atoms with Gasteiger partial charge >= 0.3 is 11.9 Å². The van der Waals surface area contributed by atoms with Crippen molar-refractivity contribution in [2.75, 3.05) is 5.73 Å². The monoisotopic (exact) mass is 284 g/mol. The number of rotatable bonds is 2. The minimum Gasteiger partial charge on any atom is -0.479 e. The summed E-state index contributed by atoms with van der Waals surface area (Å²) in [5.41, 5.74) is 11.0. The molecule has 0 aromatic heterocycles. The third kappa shape index (κ3) is 1.85. The van der Waals surface area contributed by atoms with Crippen LogP contribution in [0.2, 0.25) is 0 Å². The Morgan fingerprint density at radius 1 is 1.14 bits per heavy atom. The van der Waals surface area contributed by atoms with E-state index in [9.17, 15) is 19.8 Å². The first-order chi connectivity index (χ1) is 9.82. The van der Waals surface area contributed by atoms with Crippen LogP contribution in [0.1, 0.15) is 0 Å². The molecule has 0 heterocycles. The number of carbonyl (C=O) groups is 2. The summed E-state index contributed by atoms with van der Waals surface area (Å²) in [5.74, 6) is -2.53. The number of fused-ring (bicyclic) bond motifs is 2. The van der Waals surface area contributed by atoms with Gasteiger partial charge in [-0.2, -0.15) is 0 Å². The Bertz CT molecular complexity index is 879. The summed E-state index contributed by atoms with van der Waals surface area (Å²) in [6.07, 6.45) is 4.12. The highest BCUT2D eigenvalue weighted by molar-refractivity contribution is 6.11. The lowest BCUT2D eigenvalue weighted by atomic mass is 9.83. The van der Waals surface area contributed by atoms with E-state index in [1.54, 1.807) is 24.3 Å². The number of anilines is 1. The summed E-state index contributed by atoms with van der Waals surface area (Å²) in [6, 6.07) is 5.10. The molecule has 6 N–H and O–H groups in total. The quantitative estimate of drug-likeness (QED) is 0.513. The van der Waals surface area contributed by atoms with Crippen LogP contribution < -0.4 is 21.9 Å². The molecule has 1 aromatic rings. The van der Waals surface area contributed by atoms with Gasteiger partial charge in [0.15, 0.2) is 5.54 Å². The number of nitrogen functional groups attached to an aromatic ring is 1. The number of nitrogens with two attached hydrogens (primary N) is 2. The van der Waals surface area contributed by atoms with Crippen molar-refractivity contribution in [1.82, 2.24) is 0 Å². The van der Waals surface area contributed by atoms with Crippen molar-refractivity contribution in [1.29, 1.82) is 0 Å². The number of carboxylic acid groups (broad SMARTS) is 2. The lowest BCUT2D eigenvalue weighted by molar-refractivity contribution is -0.139. The van der Waals surface area contributed by atoms with Crippen molar-refractivity contribution in [2.24, 2.45) is 5.73 Å². The van der Waals surface area contributed by atoms with Gasteiger partial charge in [0.1, 0.15) is 0 Å². The van der Waals surface area contributed by atoms with Crippen LogP contribution in [-0.2, 0) is 9.59 Å². The predicted molar refractivity (Wildman–Crippen MR) is 76.3 cm³/mol. The Hall–Kier alpha value is -2.86. The van der Waals surface area contributed by atoms with Crippen LogP contribution in [0.4, 0.5) is 5.69 Å². The van der Waals surface area contributed by atoms with Gasteiger partial charge in [-0.25, -0.2) is 9.59 Å². The highest BCUT2D eigenvalue weighted by Crippen LogP contribution is 2.32. The molecule has 0 aliphatic heterocycles. The summed E-state index contributed by atoms with van der Waals surface area (Å²) < 4.78 is 0. The molecule has 0 saturated heterocycles. The molecule has 6 nitrogen and oxygen atoms in total. The van der Waals surface area contributed by atoms with E-state index >= 15 is 0 Å². The minimum absolute atomic E-state index is 0.114. The van der Waals surface area contributed by atoms with Gasteiger partial charge in [0.2, 0.25) is 0 Å². The van der Waals surface area contributed by atoms with Gasteiger partial charge in [0.05, 0.1) is 5.57 Å². The molecule has 106 valence electrons. The number of benzene rings is 1. The molecule has 0 fully saturated rings. The second-order valence-electron chi connectivity index (χ2n) is 5.07. The van der Waals surface area contributed by atoms with Gasteiger partial charge in [0.25, 0.3) is 0 Å². The molecule has 2 aliphatic rings. The Morgan fingerprint density at radius 3 is 2.48 bits per heavy atom. The molecule has 0 bridgehead atoms. The molecule has 0 amide bonds. The Balaban J connectivity index is 2.39. The lowest BCUT2D eigenvalue weighted by Crippen LogP contribution is -2.46. The molecule has 6 heteroatoms. The lowest BCUT2D eigenvalue weighted by Gasteiger charge is -2.24. The van der Waals surface area contributed by atoms with Gasteiger partial charge in [-0.05, 0) is 46.4 Å². The van der Waals surface area contributed by atoms with E-state index in [-0.39, 0.29) is 5.57 Å². The number of allylic oxidation sites excluding steroid dienone is 1. The fourth-order valence-corrected chi connectivity index (χ4v) is 2.64. The molecule has 3 rings (SSSR count). The van der Waals surface area contributed by atoms with Crippen molar-refractivity contribution in [3.8, 4) is 0 Å². The van der Waals surface area contributed by atoms with Crippen LogP contribution in [0.3, 0.4) is 0 Å². The maximum Gasteiger partial charge on any atom is 0.336 e. The van der Waals surface area contributed by atoms with E-state index in [2.05, 4.69) is 0 Å². The summed E-state index contributed by atoms with van der Waals surface area (Å²) in [6.45, 7) is 0. The summed E-state index contributed by atoms with van der Waals surface area (Å²) in [7, 11) is 0. The van der Waals surface area contributed by atoms with E-state index in [0.29, 0.717) is 22.1 Å². The topological polar surface area (TPSA) is 127 Å². The van der Waals surface area contributed by atoms with E-state index in [1.807, 2.05) is 0 Å². The van der Waals surface area contributed by atoms with Crippen LogP contribution in [-0.4, -0.2) is 27.7 Å². The standard InChI is InChI=1S/C15H12N2O4/c16-9-1-2-10-7(4-9)3-8-5-15(17,14(20)21)6-11(12(8)10)13(18)19/h1-6H,16-17H2,(H,18,19)(H,20,21). The van der Waals surface area contributed by atoms with Gasteiger partial charge < -0.3 is 21.7 Å². The van der Waals surface area contributed by atoms with Gasteiger partial charge in [-0.1, -0.05) is 6.07 Å². The fourth-order valence-electron chi connectivity index (χ4n) is 2.64. The number of aliphatic carboxylic acids is 2. The van der Waals surface area contributed by atoms with E-state index < -0.39 is 17.5 Å². The second kappa shape index (κ2) is 4.07. The van der Waals surface area contributed by atoms with Crippen molar-refractivity contribution in [3.05, 3.63) is 51.9 Å². The smallest absolute Gasteiger partial charge is 0.336 e. The third-order valence-corrected chi connectivity index (χ3v) is 3.59. The normalized spacial score (nSPS) is 22.6. The highest BCUT2D eigenvalue weighted by atomic mass is 16.4. The molecule has 1 atom stereocenters. The van der Waals surface area contributed by atoms with Crippen LogP contribution in [0.5, 0.6) is 0 Å². The zero-order valence-corrected chi connectivity index (χ0v) is 10.8. The Kier molecular flexibility index (Phi) is 2.54. The summed E-state index contributed by atoms with van der Waals surface area (Å²) in [4.78, 5) is 22.8. The number of hydrogen-bond donors (Lipinski definition) is 4. The number of hydrogen-bond acceptors (Lipinski definition) is 4. The van der Waals surface area contributed by atoms with Crippen molar-refractivity contribution in [3.63, 3.8) is 0 Å². The Labute approximate surface area is 119 Å². The number of carboxylic acids is 2. The SMILES string of the molecule is Nc1ccc2c(c1)=CC1=CC(N)(C(=O)O)C=C(C(=O)O)C=21. The first-order valence-electron chi connectivity index (χ1n) is 6.15. The average Bonchev–Trinajstić information content (AvgIpc) is 2.73. The first-order valence-corrected chi connectivity index (χ1v) is 6.15. The fraction of sp³-hybridized carbons (Fsp3) is 0.0667. The van der Waals surface area contributed by atoms with E-state index in [1.165, 1.54) is 6.08 Å². The molecule has 0 radical (unpaired) electrons. The maximum atomic E-state index is 11.5. The van der Waals surface area contributed by atoms with Gasteiger partial charge in [-0.3, -0.25) is 0 Å². The first kappa shape index (κ1) is 13.1.